The van der Waals surface area contributed by atoms with Crippen molar-refractivity contribution in [2.24, 2.45) is 0 Å². The predicted molar refractivity (Wildman–Crippen MR) is 126 cm³/mol. The highest BCUT2D eigenvalue weighted by molar-refractivity contribution is 7.92. The van der Waals surface area contributed by atoms with Gasteiger partial charge in [-0.15, -0.1) is 0 Å². The lowest BCUT2D eigenvalue weighted by Crippen LogP contribution is -2.38. The van der Waals surface area contributed by atoms with Crippen molar-refractivity contribution < 1.29 is 13.2 Å². The first-order valence-corrected chi connectivity index (χ1v) is 11.6. The molecule has 0 saturated heterocycles. The molecule has 0 saturated carbocycles. The molecule has 3 rings (SSSR count). The third-order valence-electron chi connectivity index (χ3n) is 5.14. The van der Waals surface area contributed by atoms with Crippen molar-refractivity contribution >= 4 is 38.9 Å². The molecule has 5 nitrogen and oxygen atoms in total. The van der Waals surface area contributed by atoms with Crippen molar-refractivity contribution in [2.75, 3.05) is 16.2 Å². The van der Waals surface area contributed by atoms with Gasteiger partial charge in [0.1, 0.15) is 6.54 Å². The number of anilines is 2. The van der Waals surface area contributed by atoms with E-state index in [9.17, 15) is 13.2 Å². The van der Waals surface area contributed by atoms with Crippen molar-refractivity contribution in [1.29, 1.82) is 0 Å². The smallest absolute Gasteiger partial charge is 0.264 e. The van der Waals surface area contributed by atoms with Gasteiger partial charge in [0.2, 0.25) is 5.91 Å². The van der Waals surface area contributed by atoms with Gasteiger partial charge in [-0.3, -0.25) is 9.10 Å². The Kier molecular flexibility index (Phi) is 6.72. The van der Waals surface area contributed by atoms with E-state index in [0.717, 1.165) is 26.6 Å². The van der Waals surface area contributed by atoms with E-state index in [1.165, 1.54) is 0 Å². The Morgan fingerprint density at radius 2 is 1.55 bits per heavy atom. The highest BCUT2D eigenvalue weighted by Crippen LogP contribution is 2.26. The number of nitrogens with zero attached hydrogens (tertiary/aromatic N) is 1. The summed E-state index contributed by atoms with van der Waals surface area (Å²) in [5.74, 6) is -0.445. The zero-order valence-electron chi connectivity index (χ0n) is 17.9. The van der Waals surface area contributed by atoms with Crippen molar-refractivity contribution in [1.82, 2.24) is 0 Å². The average molecular weight is 457 g/mol. The molecule has 0 aliphatic carbocycles. The molecule has 1 amide bonds. The summed E-state index contributed by atoms with van der Waals surface area (Å²) >= 11 is 5.98. The van der Waals surface area contributed by atoms with Gasteiger partial charge in [-0.1, -0.05) is 35.4 Å². The lowest BCUT2D eigenvalue weighted by Gasteiger charge is -2.25. The van der Waals surface area contributed by atoms with E-state index in [1.807, 2.05) is 33.8 Å². The van der Waals surface area contributed by atoms with E-state index in [-0.39, 0.29) is 11.4 Å². The highest BCUT2D eigenvalue weighted by Gasteiger charge is 2.27. The number of amides is 1. The van der Waals surface area contributed by atoms with Gasteiger partial charge in [0.15, 0.2) is 0 Å². The molecular formula is C24H25ClN2O3S. The molecule has 1 N–H and O–H groups in total. The van der Waals surface area contributed by atoms with Crippen LogP contribution in [0.4, 0.5) is 11.4 Å². The number of nitrogens with one attached hydrogen (secondary N) is 1. The minimum atomic E-state index is -3.95. The standard InChI is InChI=1S/C24H25ClN2O3S/c1-16-5-10-22(11-6-16)31(29,30)27(21-9-7-17(2)18(3)14-21)15-24(28)26-23-12-8-20(25)13-19(23)4/h5-14H,15H2,1-4H3,(H,26,28). The number of hydrogen-bond donors (Lipinski definition) is 1. The second-order valence-electron chi connectivity index (χ2n) is 7.60. The van der Waals surface area contributed by atoms with Crippen LogP contribution in [0.25, 0.3) is 0 Å². The minimum absolute atomic E-state index is 0.131. The normalized spacial score (nSPS) is 11.3. The van der Waals surface area contributed by atoms with E-state index in [0.29, 0.717) is 16.4 Å². The largest absolute Gasteiger partial charge is 0.324 e. The molecule has 0 aliphatic rings. The molecule has 0 radical (unpaired) electrons. The van der Waals surface area contributed by atoms with Crippen LogP contribution in [-0.2, 0) is 14.8 Å². The van der Waals surface area contributed by atoms with Gasteiger partial charge in [0, 0.05) is 10.7 Å². The Labute approximate surface area is 188 Å². The number of hydrogen-bond acceptors (Lipinski definition) is 3. The Morgan fingerprint density at radius 1 is 0.871 bits per heavy atom. The number of sulfonamides is 1. The van der Waals surface area contributed by atoms with Crippen LogP contribution < -0.4 is 9.62 Å². The number of halogens is 1. The first-order valence-electron chi connectivity index (χ1n) is 9.80. The summed E-state index contributed by atoms with van der Waals surface area (Å²) in [6.07, 6.45) is 0. The number of carbonyl (C=O) groups is 1. The van der Waals surface area contributed by atoms with E-state index in [4.69, 9.17) is 11.6 Å². The zero-order chi connectivity index (χ0) is 22.8. The summed E-state index contributed by atoms with van der Waals surface area (Å²) in [5.41, 5.74) is 4.75. The predicted octanol–water partition coefficient (Wildman–Crippen LogP) is 5.41. The average Bonchev–Trinajstić information content (AvgIpc) is 2.71. The van der Waals surface area contributed by atoms with Crippen LogP contribution in [0.2, 0.25) is 5.02 Å². The number of aryl methyl sites for hydroxylation is 4. The molecule has 0 aromatic heterocycles. The molecule has 0 atom stereocenters. The number of benzene rings is 3. The van der Waals surface area contributed by atoms with Crippen LogP contribution in [0.3, 0.4) is 0 Å². The van der Waals surface area contributed by atoms with E-state index < -0.39 is 15.9 Å². The fourth-order valence-electron chi connectivity index (χ4n) is 3.12. The molecule has 7 heteroatoms. The van der Waals surface area contributed by atoms with Gasteiger partial charge in [-0.25, -0.2) is 8.42 Å². The topological polar surface area (TPSA) is 66.5 Å². The molecule has 0 fully saturated rings. The lowest BCUT2D eigenvalue weighted by molar-refractivity contribution is -0.114. The number of carbonyl (C=O) groups excluding carboxylic acids is 1. The van der Waals surface area contributed by atoms with Crippen LogP contribution in [0.5, 0.6) is 0 Å². The quantitative estimate of drug-likeness (QED) is 0.539. The minimum Gasteiger partial charge on any atom is -0.324 e. The molecule has 0 heterocycles. The summed E-state index contributed by atoms with van der Waals surface area (Å²) in [6, 6.07) is 17.0. The van der Waals surface area contributed by atoms with Gasteiger partial charge < -0.3 is 5.32 Å². The second-order valence-corrected chi connectivity index (χ2v) is 9.90. The first kappa shape index (κ1) is 22.8. The Morgan fingerprint density at radius 3 is 2.16 bits per heavy atom. The Hall–Kier alpha value is -2.83. The van der Waals surface area contributed by atoms with Crippen LogP contribution in [0, 0.1) is 27.7 Å². The summed E-state index contributed by atoms with van der Waals surface area (Å²) < 4.78 is 28.1. The maximum atomic E-state index is 13.5. The molecule has 3 aromatic rings. The summed E-state index contributed by atoms with van der Waals surface area (Å²) in [7, 11) is -3.95. The van der Waals surface area contributed by atoms with Gasteiger partial charge in [-0.05, 0) is 86.8 Å². The molecule has 0 bridgehead atoms. The van der Waals surface area contributed by atoms with E-state index >= 15 is 0 Å². The molecule has 0 aliphatic heterocycles. The molecule has 3 aromatic carbocycles. The Balaban J connectivity index is 1.98. The molecule has 162 valence electrons. The number of rotatable bonds is 6. The van der Waals surface area contributed by atoms with Gasteiger partial charge >= 0.3 is 0 Å². The summed E-state index contributed by atoms with van der Waals surface area (Å²) in [6.45, 7) is 7.21. The van der Waals surface area contributed by atoms with Gasteiger partial charge in [0.25, 0.3) is 10.0 Å². The van der Waals surface area contributed by atoms with Crippen molar-refractivity contribution in [3.63, 3.8) is 0 Å². The van der Waals surface area contributed by atoms with Crippen molar-refractivity contribution in [3.05, 3.63) is 87.9 Å². The third-order valence-corrected chi connectivity index (χ3v) is 7.16. The van der Waals surface area contributed by atoms with Crippen molar-refractivity contribution in [2.45, 2.75) is 32.6 Å². The maximum absolute atomic E-state index is 13.5. The second kappa shape index (κ2) is 9.12. The van der Waals surface area contributed by atoms with Crippen LogP contribution >= 0.6 is 11.6 Å². The SMILES string of the molecule is Cc1ccc(S(=O)(=O)N(CC(=O)Nc2ccc(Cl)cc2C)c2ccc(C)c(C)c2)cc1. The fourth-order valence-corrected chi connectivity index (χ4v) is 4.76. The Bertz CT molecular complexity index is 1220. The fraction of sp³-hybridized carbons (Fsp3) is 0.208. The third kappa shape index (κ3) is 5.27. The van der Waals surface area contributed by atoms with Crippen LogP contribution in [0.15, 0.2) is 65.6 Å². The van der Waals surface area contributed by atoms with Gasteiger partial charge in [0.05, 0.1) is 10.6 Å². The summed E-state index contributed by atoms with van der Waals surface area (Å²) in [5, 5.41) is 3.36. The molecule has 0 spiro atoms. The van der Waals surface area contributed by atoms with Crippen LogP contribution in [0.1, 0.15) is 22.3 Å². The van der Waals surface area contributed by atoms with E-state index in [2.05, 4.69) is 5.32 Å². The van der Waals surface area contributed by atoms with Gasteiger partial charge in [-0.2, -0.15) is 0 Å². The van der Waals surface area contributed by atoms with E-state index in [1.54, 1.807) is 54.6 Å². The monoisotopic (exact) mass is 456 g/mol. The van der Waals surface area contributed by atoms with Crippen molar-refractivity contribution in [3.8, 4) is 0 Å². The first-order chi connectivity index (χ1) is 14.6. The molecule has 0 unspecified atom stereocenters. The molecule has 31 heavy (non-hydrogen) atoms. The van der Waals surface area contributed by atoms with Crippen LogP contribution in [-0.4, -0.2) is 20.9 Å². The maximum Gasteiger partial charge on any atom is 0.264 e. The molecular weight excluding hydrogens is 432 g/mol. The lowest BCUT2D eigenvalue weighted by atomic mass is 10.1. The zero-order valence-corrected chi connectivity index (χ0v) is 19.5. The highest BCUT2D eigenvalue weighted by atomic mass is 35.5. The summed E-state index contributed by atoms with van der Waals surface area (Å²) in [4.78, 5) is 13.0.